The zero-order valence-corrected chi connectivity index (χ0v) is 10.6. The molecule has 6 heteroatoms. The molecule has 0 aliphatic heterocycles. The van der Waals surface area contributed by atoms with Crippen molar-refractivity contribution in [3.05, 3.63) is 52.9 Å². The Bertz CT molecular complexity index is 560. The van der Waals surface area contributed by atoms with E-state index < -0.39 is 0 Å². The Labute approximate surface area is 110 Å². The standard InChI is InChI=1S/C13H16N4O2/c1-9-6-12(17-19-9)8-15-7-10-2-4-11(5-3-10)13(14)16-18/h2-6,15,18H,7-8H2,1H3,(H2,14,16). The Morgan fingerprint density at radius 2 is 2.11 bits per heavy atom. The second-order valence-corrected chi connectivity index (χ2v) is 4.21. The number of nitrogens with one attached hydrogen (secondary N) is 1. The molecule has 0 unspecified atom stereocenters. The third-order valence-corrected chi connectivity index (χ3v) is 2.67. The molecule has 0 saturated carbocycles. The van der Waals surface area contributed by atoms with Crippen LogP contribution >= 0.6 is 0 Å². The first-order chi connectivity index (χ1) is 9.19. The molecule has 0 bridgehead atoms. The molecule has 2 rings (SSSR count). The van der Waals surface area contributed by atoms with Crippen molar-refractivity contribution in [2.24, 2.45) is 10.9 Å². The van der Waals surface area contributed by atoms with Gasteiger partial charge < -0.3 is 20.8 Å². The maximum absolute atomic E-state index is 8.56. The van der Waals surface area contributed by atoms with E-state index >= 15 is 0 Å². The summed E-state index contributed by atoms with van der Waals surface area (Å²) in [5, 5.41) is 18.7. The largest absolute Gasteiger partial charge is 0.409 e. The summed E-state index contributed by atoms with van der Waals surface area (Å²) in [6.45, 7) is 3.23. The second-order valence-electron chi connectivity index (χ2n) is 4.21. The first kappa shape index (κ1) is 13.1. The smallest absolute Gasteiger partial charge is 0.170 e. The number of hydrogen-bond donors (Lipinski definition) is 3. The maximum Gasteiger partial charge on any atom is 0.170 e. The second kappa shape index (κ2) is 6.01. The number of aryl methyl sites for hydroxylation is 1. The van der Waals surface area contributed by atoms with Gasteiger partial charge in [0.25, 0.3) is 0 Å². The van der Waals surface area contributed by atoms with Crippen LogP contribution < -0.4 is 11.1 Å². The molecule has 0 aliphatic rings. The highest BCUT2D eigenvalue weighted by Gasteiger charge is 2.01. The van der Waals surface area contributed by atoms with Crippen molar-refractivity contribution in [1.82, 2.24) is 10.5 Å². The number of rotatable bonds is 5. The van der Waals surface area contributed by atoms with E-state index in [-0.39, 0.29) is 5.84 Å². The monoisotopic (exact) mass is 260 g/mol. The van der Waals surface area contributed by atoms with Crippen LogP contribution in [0.4, 0.5) is 0 Å². The van der Waals surface area contributed by atoms with Gasteiger partial charge in [0.05, 0.1) is 5.69 Å². The van der Waals surface area contributed by atoms with Gasteiger partial charge in [-0.1, -0.05) is 34.6 Å². The summed E-state index contributed by atoms with van der Waals surface area (Å²) in [6.07, 6.45) is 0. The Hall–Kier alpha value is -2.34. The van der Waals surface area contributed by atoms with Crippen LogP contribution in [0.2, 0.25) is 0 Å². The van der Waals surface area contributed by atoms with Crippen LogP contribution in [0, 0.1) is 6.92 Å². The van der Waals surface area contributed by atoms with Crippen molar-refractivity contribution in [3.8, 4) is 0 Å². The molecular weight excluding hydrogens is 244 g/mol. The van der Waals surface area contributed by atoms with E-state index in [2.05, 4.69) is 15.6 Å². The van der Waals surface area contributed by atoms with E-state index in [0.29, 0.717) is 18.7 Å². The lowest BCUT2D eigenvalue weighted by atomic mass is 10.1. The van der Waals surface area contributed by atoms with Gasteiger partial charge in [0.1, 0.15) is 5.76 Å². The van der Waals surface area contributed by atoms with Gasteiger partial charge in [0, 0.05) is 24.7 Å². The first-order valence-corrected chi connectivity index (χ1v) is 5.89. The van der Waals surface area contributed by atoms with Crippen molar-refractivity contribution in [1.29, 1.82) is 0 Å². The zero-order chi connectivity index (χ0) is 13.7. The lowest BCUT2D eigenvalue weighted by molar-refractivity contribution is 0.318. The normalized spacial score (nSPS) is 11.7. The van der Waals surface area contributed by atoms with Crippen LogP contribution in [0.3, 0.4) is 0 Å². The van der Waals surface area contributed by atoms with Gasteiger partial charge in [-0.2, -0.15) is 0 Å². The molecule has 19 heavy (non-hydrogen) atoms. The van der Waals surface area contributed by atoms with E-state index in [0.717, 1.165) is 17.0 Å². The molecule has 1 aromatic carbocycles. The number of nitrogens with two attached hydrogens (primary N) is 1. The summed E-state index contributed by atoms with van der Waals surface area (Å²) in [5.41, 5.74) is 8.17. The summed E-state index contributed by atoms with van der Waals surface area (Å²) in [4.78, 5) is 0. The molecule has 0 saturated heterocycles. The summed E-state index contributed by atoms with van der Waals surface area (Å²) < 4.78 is 4.98. The lowest BCUT2D eigenvalue weighted by Gasteiger charge is -2.04. The van der Waals surface area contributed by atoms with Crippen LogP contribution in [0.15, 0.2) is 40.0 Å². The molecular formula is C13H16N4O2. The van der Waals surface area contributed by atoms with Gasteiger partial charge in [0.2, 0.25) is 0 Å². The van der Waals surface area contributed by atoms with Crippen molar-refractivity contribution < 1.29 is 9.73 Å². The molecule has 1 heterocycles. The SMILES string of the molecule is Cc1cc(CNCc2ccc(C(N)=NO)cc2)no1. The fraction of sp³-hybridized carbons (Fsp3) is 0.231. The van der Waals surface area contributed by atoms with Crippen LogP contribution in [0.25, 0.3) is 0 Å². The molecule has 4 N–H and O–H groups in total. The average Bonchev–Trinajstić information content (AvgIpc) is 2.84. The Balaban J connectivity index is 1.86. The van der Waals surface area contributed by atoms with Gasteiger partial charge in [-0.15, -0.1) is 0 Å². The molecule has 0 aliphatic carbocycles. The fourth-order valence-electron chi connectivity index (χ4n) is 1.69. The molecule has 0 atom stereocenters. The lowest BCUT2D eigenvalue weighted by Crippen LogP contribution is -2.14. The van der Waals surface area contributed by atoms with E-state index in [1.54, 1.807) is 0 Å². The van der Waals surface area contributed by atoms with Crippen molar-refractivity contribution in [3.63, 3.8) is 0 Å². The van der Waals surface area contributed by atoms with Crippen LogP contribution in [0.1, 0.15) is 22.6 Å². The summed E-state index contributed by atoms with van der Waals surface area (Å²) in [6, 6.07) is 9.37. The average molecular weight is 260 g/mol. The van der Waals surface area contributed by atoms with Crippen molar-refractivity contribution >= 4 is 5.84 Å². The minimum Gasteiger partial charge on any atom is -0.409 e. The van der Waals surface area contributed by atoms with Gasteiger partial charge >= 0.3 is 0 Å². The van der Waals surface area contributed by atoms with Crippen molar-refractivity contribution in [2.45, 2.75) is 20.0 Å². The highest BCUT2D eigenvalue weighted by atomic mass is 16.5. The van der Waals surface area contributed by atoms with Crippen LogP contribution in [-0.4, -0.2) is 16.2 Å². The molecule has 6 nitrogen and oxygen atoms in total. The predicted octanol–water partition coefficient (Wildman–Crippen LogP) is 1.37. The fourth-order valence-corrected chi connectivity index (χ4v) is 1.69. The predicted molar refractivity (Wildman–Crippen MR) is 70.7 cm³/mol. The van der Waals surface area contributed by atoms with E-state index in [9.17, 15) is 0 Å². The number of amidine groups is 1. The summed E-state index contributed by atoms with van der Waals surface area (Å²) in [5.74, 6) is 0.914. The number of nitrogens with zero attached hydrogens (tertiary/aromatic N) is 2. The zero-order valence-electron chi connectivity index (χ0n) is 10.6. The van der Waals surface area contributed by atoms with Crippen LogP contribution in [-0.2, 0) is 13.1 Å². The molecule has 0 radical (unpaired) electrons. The highest BCUT2D eigenvalue weighted by molar-refractivity contribution is 5.96. The van der Waals surface area contributed by atoms with Crippen LogP contribution in [0.5, 0.6) is 0 Å². The molecule has 2 aromatic rings. The third kappa shape index (κ3) is 3.56. The minimum atomic E-state index is 0.109. The first-order valence-electron chi connectivity index (χ1n) is 5.89. The summed E-state index contributed by atoms with van der Waals surface area (Å²) >= 11 is 0. The maximum atomic E-state index is 8.56. The molecule has 0 amide bonds. The van der Waals surface area contributed by atoms with Gasteiger partial charge in [-0.25, -0.2) is 0 Å². The molecule has 100 valence electrons. The van der Waals surface area contributed by atoms with Crippen molar-refractivity contribution in [2.75, 3.05) is 0 Å². The van der Waals surface area contributed by atoms with Gasteiger partial charge in [-0.3, -0.25) is 0 Å². The number of aromatic nitrogens is 1. The Kier molecular flexibility index (Phi) is 4.15. The van der Waals surface area contributed by atoms with Gasteiger partial charge in [-0.05, 0) is 12.5 Å². The molecule has 0 fully saturated rings. The Morgan fingerprint density at radius 1 is 1.37 bits per heavy atom. The van der Waals surface area contributed by atoms with E-state index in [1.807, 2.05) is 37.3 Å². The van der Waals surface area contributed by atoms with E-state index in [4.69, 9.17) is 15.5 Å². The number of oxime groups is 1. The summed E-state index contributed by atoms with van der Waals surface area (Å²) in [7, 11) is 0. The third-order valence-electron chi connectivity index (χ3n) is 2.67. The number of hydrogen-bond acceptors (Lipinski definition) is 5. The molecule has 1 aromatic heterocycles. The van der Waals surface area contributed by atoms with E-state index in [1.165, 1.54) is 0 Å². The minimum absolute atomic E-state index is 0.109. The number of benzene rings is 1. The molecule has 0 spiro atoms. The Morgan fingerprint density at radius 3 is 2.68 bits per heavy atom. The topological polar surface area (TPSA) is 96.7 Å². The quantitative estimate of drug-likeness (QED) is 0.326. The highest BCUT2D eigenvalue weighted by Crippen LogP contribution is 2.05. The van der Waals surface area contributed by atoms with Gasteiger partial charge in [0.15, 0.2) is 5.84 Å².